The second-order valence-corrected chi connectivity index (χ2v) is 4.74. The molecule has 1 N–H and O–H groups in total. The van der Waals surface area contributed by atoms with Crippen LogP contribution < -0.4 is 10.1 Å². The van der Waals surface area contributed by atoms with Crippen molar-refractivity contribution in [2.75, 3.05) is 20.7 Å². The Morgan fingerprint density at radius 2 is 1.95 bits per heavy atom. The van der Waals surface area contributed by atoms with Gasteiger partial charge in [0.2, 0.25) is 5.91 Å². The van der Waals surface area contributed by atoms with Crippen LogP contribution in [0.4, 0.5) is 4.79 Å². The highest BCUT2D eigenvalue weighted by molar-refractivity contribution is 5.97. The molecule has 1 aliphatic heterocycles. The molecule has 2 rings (SSSR count). The number of hydrogen-bond acceptors (Lipinski definition) is 4. The minimum atomic E-state index is -0.645. The van der Waals surface area contributed by atoms with Gasteiger partial charge < -0.3 is 15.0 Å². The summed E-state index contributed by atoms with van der Waals surface area (Å²) in [6, 6.07) is 8.48. The van der Waals surface area contributed by atoms with E-state index >= 15 is 0 Å². The van der Waals surface area contributed by atoms with E-state index in [9.17, 15) is 14.4 Å². The molecule has 0 bridgehead atoms. The van der Waals surface area contributed by atoms with E-state index in [0.717, 1.165) is 4.90 Å². The predicted octanol–water partition coefficient (Wildman–Crippen LogP) is 0.422. The van der Waals surface area contributed by atoms with Gasteiger partial charge in [-0.1, -0.05) is 18.2 Å². The number of carbonyl (C=O) groups is 3. The molecule has 1 aliphatic rings. The van der Waals surface area contributed by atoms with Crippen molar-refractivity contribution in [3.63, 3.8) is 0 Å². The summed E-state index contributed by atoms with van der Waals surface area (Å²) in [6.07, 6.45) is -0.594. The number of amides is 4. The van der Waals surface area contributed by atoms with Crippen molar-refractivity contribution in [3.8, 4) is 5.75 Å². The number of hydrogen-bond donors (Lipinski definition) is 1. The molecule has 7 heteroatoms. The molecular formula is C14H17N3O4. The van der Waals surface area contributed by atoms with Gasteiger partial charge in [0.25, 0.3) is 5.91 Å². The molecule has 0 spiro atoms. The highest BCUT2D eigenvalue weighted by Crippen LogP contribution is 2.12. The fourth-order valence-corrected chi connectivity index (χ4v) is 1.96. The summed E-state index contributed by atoms with van der Waals surface area (Å²) >= 11 is 0. The standard InChI is InChI=1S/C14H17N3O4/c1-16-11(8-13(19)17(2)14(16)20)15-12(18)9-21-10-6-4-3-5-7-10/h3-7,11H,8-9H2,1-2H3,(H,15,18). The molecule has 0 aliphatic carbocycles. The van der Waals surface area contributed by atoms with Crippen molar-refractivity contribution in [2.45, 2.75) is 12.6 Å². The van der Waals surface area contributed by atoms with Crippen LogP contribution in [0.15, 0.2) is 30.3 Å². The van der Waals surface area contributed by atoms with Gasteiger partial charge in [-0.15, -0.1) is 0 Å². The SMILES string of the molecule is CN1C(=O)CC(NC(=O)COc2ccccc2)N(C)C1=O. The van der Waals surface area contributed by atoms with Gasteiger partial charge in [-0.05, 0) is 12.1 Å². The van der Waals surface area contributed by atoms with Crippen molar-refractivity contribution >= 4 is 17.8 Å². The first-order chi connectivity index (χ1) is 9.99. The van der Waals surface area contributed by atoms with E-state index in [2.05, 4.69) is 5.32 Å². The van der Waals surface area contributed by atoms with Gasteiger partial charge in [-0.2, -0.15) is 0 Å². The lowest BCUT2D eigenvalue weighted by molar-refractivity contribution is -0.133. The lowest BCUT2D eigenvalue weighted by Gasteiger charge is -2.36. The van der Waals surface area contributed by atoms with Gasteiger partial charge >= 0.3 is 6.03 Å². The minimum Gasteiger partial charge on any atom is -0.484 e. The maximum Gasteiger partial charge on any atom is 0.327 e. The number of imide groups is 1. The predicted molar refractivity (Wildman–Crippen MR) is 74.4 cm³/mol. The van der Waals surface area contributed by atoms with E-state index in [0.29, 0.717) is 5.75 Å². The minimum absolute atomic E-state index is 0.0514. The second-order valence-electron chi connectivity index (χ2n) is 4.74. The van der Waals surface area contributed by atoms with Crippen LogP contribution in [-0.4, -0.2) is 54.5 Å². The zero-order valence-electron chi connectivity index (χ0n) is 11.9. The Balaban J connectivity index is 1.87. The number of nitrogens with one attached hydrogen (secondary N) is 1. The molecule has 4 amide bonds. The normalized spacial score (nSPS) is 18.7. The quantitative estimate of drug-likeness (QED) is 0.872. The fraction of sp³-hybridized carbons (Fsp3) is 0.357. The Labute approximate surface area is 122 Å². The molecular weight excluding hydrogens is 274 g/mol. The largest absolute Gasteiger partial charge is 0.484 e. The van der Waals surface area contributed by atoms with E-state index < -0.39 is 12.2 Å². The highest BCUT2D eigenvalue weighted by Gasteiger charge is 2.35. The van der Waals surface area contributed by atoms with Gasteiger partial charge in [0.1, 0.15) is 11.9 Å². The van der Waals surface area contributed by atoms with Gasteiger partial charge in [-0.25, -0.2) is 4.79 Å². The van der Waals surface area contributed by atoms with E-state index in [4.69, 9.17) is 4.74 Å². The molecule has 1 aromatic carbocycles. The molecule has 1 saturated heterocycles. The molecule has 1 unspecified atom stereocenters. The maximum atomic E-state index is 11.8. The first kappa shape index (κ1) is 14.8. The van der Waals surface area contributed by atoms with E-state index in [1.165, 1.54) is 19.0 Å². The molecule has 21 heavy (non-hydrogen) atoms. The molecule has 112 valence electrons. The second kappa shape index (κ2) is 6.25. The summed E-state index contributed by atoms with van der Waals surface area (Å²) in [5, 5.41) is 2.61. The fourth-order valence-electron chi connectivity index (χ4n) is 1.96. The molecule has 1 atom stereocenters. The number of rotatable bonds is 4. The van der Waals surface area contributed by atoms with E-state index in [1.54, 1.807) is 24.3 Å². The third kappa shape index (κ3) is 3.50. The Kier molecular flexibility index (Phi) is 4.42. The van der Waals surface area contributed by atoms with Gasteiger partial charge in [0.05, 0.1) is 6.42 Å². The van der Waals surface area contributed by atoms with Crippen LogP contribution in [0.1, 0.15) is 6.42 Å². The molecule has 0 radical (unpaired) electrons. The molecule has 1 aromatic rings. The smallest absolute Gasteiger partial charge is 0.327 e. The van der Waals surface area contributed by atoms with Crippen LogP contribution in [-0.2, 0) is 9.59 Å². The monoisotopic (exact) mass is 291 g/mol. The van der Waals surface area contributed by atoms with Crippen LogP contribution in [0.25, 0.3) is 0 Å². The number of benzene rings is 1. The Morgan fingerprint density at radius 3 is 2.62 bits per heavy atom. The van der Waals surface area contributed by atoms with Crippen LogP contribution in [0, 0.1) is 0 Å². The van der Waals surface area contributed by atoms with Crippen LogP contribution in [0.5, 0.6) is 5.75 Å². The first-order valence-corrected chi connectivity index (χ1v) is 6.49. The van der Waals surface area contributed by atoms with Crippen molar-refractivity contribution in [1.29, 1.82) is 0 Å². The number of carbonyl (C=O) groups excluding carboxylic acids is 3. The maximum absolute atomic E-state index is 11.8. The average molecular weight is 291 g/mol. The summed E-state index contributed by atoms with van der Waals surface area (Å²) < 4.78 is 5.31. The zero-order chi connectivity index (χ0) is 15.4. The Morgan fingerprint density at radius 1 is 1.29 bits per heavy atom. The highest BCUT2D eigenvalue weighted by atomic mass is 16.5. The van der Waals surface area contributed by atoms with Crippen molar-refractivity contribution in [1.82, 2.24) is 15.1 Å². The molecule has 7 nitrogen and oxygen atoms in total. The summed E-state index contributed by atoms with van der Waals surface area (Å²) in [5.74, 6) is -0.134. The van der Waals surface area contributed by atoms with Gasteiger partial charge in [0.15, 0.2) is 6.61 Å². The Bertz CT molecular complexity index is 546. The van der Waals surface area contributed by atoms with Gasteiger partial charge in [0, 0.05) is 14.1 Å². The summed E-state index contributed by atoms with van der Waals surface area (Å²) in [7, 11) is 2.95. The van der Waals surface area contributed by atoms with Crippen LogP contribution >= 0.6 is 0 Å². The molecule has 1 heterocycles. The zero-order valence-corrected chi connectivity index (χ0v) is 11.9. The lowest BCUT2D eigenvalue weighted by atomic mass is 10.2. The first-order valence-electron chi connectivity index (χ1n) is 6.49. The number of nitrogens with zero attached hydrogens (tertiary/aromatic N) is 2. The van der Waals surface area contributed by atoms with Crippen molar-refractivity contribution in [2.24, 2.45) is 0 Å². The van der Waals surface area contributed by atoms with Crippen molar-refractivity contribution < 1.29 is 19.1 Å². The topological polar surface area (TPSA) is 79.0 Å². The lowest BCUT2D eigenvalue weighted by Crippen LogP contribution is -2.60. The van der Waals surface area contributed by atoms with E-state index in [1.807, 2.05) is 6.07 Å². The summed E-state index contributed by atoms with van der Waals surface area (Å²) in [4.78, 5) is 37.6. The van der Waals surface area contributed by atoms with Crippen LogP contribution in [0.2, 0.25) is 0 Å². The van der Waals surface area contributed by atoms with Gasteiger partial charge in [-0.3, -0.25) is 14.5 Å². The van der Waals surface area contributed by atoms with Crippen LogP contribution in [0.3, 0.4) is 0 Å². The number of urea groups is 1. The Hall–Kier alpha value is -2.57. The average Bonchev–Trinajstić information content (AvgIpc) is 2.49. The molecule has 0 aromatic heterocycles. The number of para-hydroxylation sites is 1. The summed E-state index contributed by atoms with van der Waals surface area (Å²) in [5.41, 5.74) is 0. The van der Waals surface area contributed by atoms with E-state index in [-0.39, 0.29) is 24.8 Å². The molecule has 1 fully saturated rings. The molecule has 0 saturated carbocycles. The summed E-state index contributed by atoms with van der Waals surface area (Å²) in [6.45, 7) is -0.174. The third-order valence-electron chi connectivity index (χ3n) is 3.24. The number of ether oxygens (including phenoxy) is 1. The third-order valence-corrected chi connectivity index (χ3v) is 3.24. The van der Waals surface area contributed by atoms with Crippen molar-refractivity contribution in [3.05, 3.63) is 30.3 Å².